The Kier molecular flexibility index (Phi) is 5.12. The van der Waals surface area contributed by atoms with Gasteiger partial charge in [0, 0.05) is 23.3 Å². The smallest absolute Gasteiger partial charge is 0.202 e. The van der Waals surface area contributed by atoms with Gasteiger partial charge in [-0.05, 0) is 41.5 Å². The topological polar surface area (TPSA) is 15.4 Å². The van der Waals surface area contributed by atoms with Crippen LogP contribution in [0.3, 0.4) is 0 Å². The van der Waals surface area contributed by atoms with E-state index in [0.717, 1.165) is 16.9 Å². The first kappa shape index (κ1) is 22.0. The van der Waals surface area contributed by atoms with Crippen molar-refractivity contribution in [3.05, 3.63) is 83.4 Å². The van der Waals surface area contributed by atoms with Gasteiger partial charge in [0.15, 0.2) is 11.4 Å². The molecule has 0 N–H and O–H groups in total. The average Bonchev–Trinajstić information content (AvgIpc) is 2.72. The molecule has 4 rings (SSSR count). The number of halogens is 6. The fraction of sp³-hybridized carbons (Fsp3) is 0.217. The number of alkyl halides is 6. The van der Waals surface area contributed by atoms with Crippen LogP contribution in [0.5, 0.6) is 0 Å². The maximum atomic E-state index is 13.4. The lowest BCUT2D eigenvalue weighted by Crippen LogP contribution is -2.46. The van der Waals surface area contributed by atoms with E-state index in [4.69, 9.17) is 0 Å². The highest BCUT2D eigenvalue weighted by Gasteiger charge is 2.44. The van der Waals surface area contributed by atoms with E-state index < -0.39 is 23.5 Å². The van der Waals surface area contributed by atoms with Gasteiger partial charge in [-0.2, -0.15) is 26.3 Å². The van der Waals surface area contributed by atoms with Crippen molar-refractivity contribution in [2.45, 2.75) is 19.3 Å². The predicted molar refractivity (Wildman–Crippen MR) is 108 cm³/mol. The number of hydrogen-bond donors (Lipinski definition) is 0. The Balaban J connectivity index is 1.95. The molecular formula is C23H19F6N3+2. The SMILES string of the molecule is Cc1ccc2c(c1)N=[N+](c1cc(C(F)(F)F)cc(C(F)(F)F)c1)C[N+]2(C)c1ccccc1. The van der Waals surface area contributed by atoms with Gasteiger partial charge in [-0.3, -0.25) is 0 Å². The molecule has 1 aliphatic rings. The van der Waals surface area contributed by atoms with Gasteiger partial charge in [0.25, 0.3) is 0 Å². The highest BCUT2D eigenvalue weighted by Crippen LogP contribution is 2.45. The predicted octanol–water partition coefficient (Wildman–Crippen LogP) is 7.70. The molecule has 3 aromatic rings. The highest BCUT2D eigenvalue weighted by atomic mass is 19.4. The number of rotatable bonds is 2. The number of para-hydroxylation sites is 1. The van der Waals surface area contributed by atoms with Crippen molar-refractivity contribution in [1.82, 2.24) is 4.48 Å². The maximum Gasteiger partial charge on any atom is 0.416 e. The molecule has 0 spiro atoms. The van der Waals surface area contributed by atoms with Crippen LogP contribution in [0.2, 0.25) is 0 Å². The lowest BCUT2D eigenvalue weighted by Gasteiger charge is -2.33. The fourth-order valence-electron chi connectivity index (χ4n) is 3.84. The Morgan fingerprint density at radius 1 is 0.812 bits per heavy atom. The summed E-state index contributed by atoms with van der Waals surface area (Å²) in [6.45, 7) is 1.85. The standard InChI is InChI=1S/C23H19F6N3/c1-15-8-9-21-20(10-15)30-31(14-32(21,2)19-6-4-3-5-7-19)18-12-16(22(24,25)26)11-17(13-18)23(27,28)29/h3-13H,14H2,1-2H3/q+2. The lowest BCUT2D eigenvalue weighted by atomic mass is 10.1. The molecule has 1 aliphatic heterocycles. The van der Waals surface area contributed by atoms with Gasteiger partial charge in [0.2, 0.25) is 5.69 Å². The van der Waals surface area contributed by atoms with Crippen LogP contribution in [0.15, 0.2) is 71.8 Å². The normalized spacial score (nSPS) is 18.8. The molecule has 166 valence electrons. The van der Waals surface area contributed by atoms with Gasteiger partial charge in [0.05, 0.1) is 18.2 Å². The van der Waals surface area contributed by atoms with Gasteiger partial charge in [0.1, 0.15) is 5.69 Å². The van der Waals surface area contributed by atoms with E-state index in [1.54, 1.807) is 6.07 Å². The van der Waals surface area contributed by atoms with Crippen LogP contribution >= 0.6 is 0 Å². The van der Waals surface area contributed by atoms with Crippen molar-refractivity contribution in [2.24, 2.45) is 5.11 Å². The van der Waals surface area contributed by atoms with Crippen molar-refractivity contribution in [3.8, 4) is 0 Å². The van der Waals surface area contributed by atoms with Crippen molar-refractivity contribution in [2.75, 3.05) is 13.7 Å². The molecule has 9 heteroatoms. The Morgan fingerprint density at radius 3 is 1.97 bits per heavy atom. The van der Waals surface area contributed by atoms with Crippen molar-refractivity contribution in [1.29, 1.82) is 0 Å². The van der Waals surface area contributed by atoms with Crippen LogP contribution in [-0.2, 0) is 12.4 Å². The number of nitrogens with zero attached hydrogens (tertiary/aromatic N) is 3. The van der Waals surface area contributed by atoms with Crippen molar-refractivity contribution in [3.63, 3.8) is 0 Å². The third-order valence-corrected chi connectivity index (χ3v) is 5.50. The molecule has 0 amide bonds. The Bertz CT molecular complexity index is 1170. The summed E-state index contributed by atoms with van der Waals surface area (Å²) >= 11 is 0. The molecule has 0 fully saturated rings. The molecule has 0 saturated carbocycles. The minimum atomic E-state index is -4.93. The van der Waals surface area contributed by atoms with Gasteiger partial charge in [-0.25, -0.2) is 4.48 Å². The molecule has 1 atom stereocenters. The van der Waals surface area contributed by atoms with Crippen LogP contribution in [-0.4, -0.2) is 18.4 Å². The second-order valence-electron chi connectivity index (χ2n) is 7.92. The molecule has 1 unspecified atom stereocenters. The van der Waals surface area contributed by atoms with Gasteiger partial charge < -0.3 is 0 Å². The molecule has 3 aromatic carbocycles. The summed E-state index contributed by atoms with van der Waals surface area (Å²) in [6.07, 6.45) is -9.87. The third kappa shape index (κ3) is 4.00. The maximum absolute atomic E-state index is 13.4. The zero-order valence-corrected chi connectivity index (χ0v) is 17.2. The molecule has 0 aliphatic carbocycles. The molecular weight excluding hydrogens is 432 g/mol. The van der Waals surface area contributed by atoms with E-state index in [1.807, 2.05) is 56.4 Å². The minimum Gasteiger partial charge on any atom is -0.202 e. The number of benzene rings is 3. The second-order valence-corrected chi connectivity index (χ2v) is 7.92. The Hall–Kier alpha value is -3.20. The van der Waals surface area contributed by atoms with E-state index in [2.05, 4.69) is 5.11 Å². The van der Waals surface area contributed by atoms with Crippen LogP contribution in [0.4, 0.5) is 49.1 Å². The Morgan fingerprint density at radius 2 is 1.41 bits per heavy atom. The summed E-state index contributed by atoms with van der Waals surface area (Å²) in [6, 6.07) is 16.3. The number of fused-ring (bicyclic) bond motifs is 1. The summed E-state index contributed by atoms with van der Waals surface area (Å²) in [5.41, 5.74) is -0.0632. The number of quaternary nitrogens is 1. The fourth-order valence-corrected chi connectivity index (χ4v) is 3.84. The summed E-state index contributed by atoms with van der Waals surface area (Å²) in [7, 11) is 1.85. The summed E-state index contributed by atoms with van der Waals surface area (Å²) < 4.78 is 81.7. The minimum absolute atomic E-state index is 0.0126. The summed E-state index contributed by atoms with van der Waals surface area (Å²) in [4.78, 5) is 0. The second kappa shape index (κ2) is 7.44. The zero-order chi connectivity index (χ0) is 23.3. The molecule has 1 heterocycles. The third-order valence-electron chi connectivity index (χ3n) is 5.50. The number of azo groups is 2. The number of aryl methyl sites for hydroxylation is 1. The van der Waals surface area contributed by atoms with E-state index in [0.29, 0.717) is 17.8 Å². The van der Waals surface area contributed by atoms with Crippen LogP contribution in [0.1, 0.15) is 16.7 Å². The highest BCUT2D eigenvalue weighted by molar-refractivity contribution is 5.71. The van der Waals surface area contributed by atoms with Crippen LogP contribution < -0.4 is 4.48 Å². The van der Waals surface area contributed by atoms with Crippen LogP contribution in [0, 0.1) is 6.92 Å². The first-order valence-electron chi connectivity index (χ1n) is 9.69. The van der Waals surface area contributed by atoms with Crippen molar-refractivity contribution >= 4 is 22.7 Å². The van der Waals surface area contributed by atoms with Crippen LogP contribution in [0.25, 0.3) is 0 Å². The van der Waals surface area contributed by atoms with E-state index >= 15 is 0 Å². The van der Waals surface area contributed by atoms with E-state index in [9.17, 15) is 26.3 Å². The summed E-state index contributed by atoms with van der Waals surface area (Å²) in [5.74, 6) is 0. The zero-order valence-electron chi connectivity index (χ0n) is 17.2. The van der Waals surface area contributed by atoms with Gasteiger partial charge in [-0.1, -0.05) is 24.3 Å². The lowest BCUT2D eigenvalue weighted by molar-refractivity contribution is -0.527. The molecule has 0 aromatic heterocycles. The quantitative estimate of drug-likeness (QED) is 0.216. The first-order chi connectivity index (χ1) is 14.9. The van der Waals surface area contributed by atoms with Gasteiger partial charge >= 0.3 is 19.0 Å². The average molecular weight is 451 g/mol. The van der Waals surface area contributed by atoms with E-state index in [-0.39, 0.29) is 22.9 Å². The summed E-state index contributed by atoms with van der Waals surface area (Å²) in [5, 5.41) is 4.43. The molecule has 0 saturated heterocycles. The number of hydrogen-bond acceptors (Lipinski definition) is 1. The van der Waals surface area contributed by atoms with Crippen molar-refractivity contribution < 1.29 is 31.0 Å². The van der Waals surface area contributed by atoms with Gasteiger partial charge in [-0.15, -0.1) is 0 Å². The monoisotopic (exact) mass is 451 g/mol. The largest absolute Gasteiger partial charge is 0.416 e. The molecule has 0 radical (unpaired) electrons. The molecule has 32 heavy (non-hydrogen) atoms. The first-order valence-corrected chi connectivity index (χ1v) is 9.69. The Labute approximate surface area is 180 Å². The molecule has 3 nitrogen and oxygen atoms in total. The van der Waals surface area contributed by atoms with E-state index in [1.165, 1.54) is 4.70 Å². The molecule has 0 bridgehead atoms.